The van der Waals surface area contributed by atoms with E-state index in [1.165, 1.54) is 22.3 Å². The van der Waals surface area contributed by atoms with Crippen molar-refractivity contribution in [1.82, 2.24) is 19.9 Å². The summed E-state index contributed by atoms with van der Waals surface area (Å²) < 4.78 is 0. The Morgan fingerprint density at radius 1 is 0.235 bits per heavy atom. The third-order valence-electron chi connectivity index (χ3n) is 11.9. The largest absolute Gasteiger partial charge is 0.295 e. The highest BCUT2D eigenvalue weighted by atomic mass is 15.2. The van der Waals surface area contributed by atoms with Crippen LogP contribution in [0, 0.1) is 27.7 Å². The highest BCUT2D eigenvalue weighted by Crippen LogP contribution is 2.46. The van der Waals surface area contributed by atoms with Gasteiger partial charge in [-0.25, -0.2) is 19.9 Å². The van der Waals surface area contributed by atoms with Crippen molar-refractivity contribution in [3.63, 3.8) is 0 Å². The molecule has 0 atom stereocenters. The summed E-state index contributed by atoms with van der Waals surface area (Å²) in [6, 6.07) is 72.1. The molecule has 0 saturated heterocycles. The lowest BCUT2D eigenvalue weighted by Gasteiger charge is -2.31. The number of anilines is 12. The zero-order valence-electron chi connectivity index (χ0n) is 38.5. The minimum Gasteiger partial charge on any atom is -0.295 e. The molecule has 0 fully saturated rings. The van der Waals surface area contributed by atoms with E-state index in [-0.39, 0.29) is 0 Å². The van der Waals surface area contributed by atoms with Crippen molar-refractivity contribution in [2.45, 2.75) is 27.7 Å². The highest BCUT2D eigenvalue weighted by Gasteiger charge is 2.24. The number of rotatable bonds is 13. The number of aromatic nitrogens is 4. The van der Waals surface area contributed by atoms with Gasteiger partial charge in [-0.3, -0.25) is 19.6 Å². The van der Waals surface area contributed by atoms with Crippen molar-refractivity contribution in [2.24, 2.45) is 0 Å². The van der Waals surface area contributed by atoms with Gasteiger partial charge in [-0.1, -0.05) is 95.1 Å². The quantitative estimate of drug-likeness (QED) is 0.113. The topological polar surface area (TPSA) is 64.5 Å². The number of benzene rings is 6. The lowest BCUT2D eigenvalue weighted by molar-refractivity contribution is 1.15. The van der Waals surface area contributed by atoms with Crippen LogP contribution >= 0.6 is 0 Å². The molecule has 4 aromatic heterocycles. The minimum absolute atomic E-state index is 0.787. The molecule has 6 aromatic carbocycles. The number of nitrogens with zero attached hydrogens (tertiary/aromatic N) is 8. The van der Waals surface area contributed by atoms with E-state index in [4.69, 9.17) is 19.9 Å². The highest BCUT2D eigenvalue weighted by molar-refractivity contribution is 5.90. The summed E-state index contributed by atoms with van der Waals surface area (Å²) >= 11 is 0. The van der Waals surface area contributed by atoms with Gasteiger partial charge in [-0.05, 0) is 172 Å². The van der Waals surface area contributed by atoms with Gasteiger partial charge in [0.1, 0.15) is 23.3 Å². The fraction of sp³-hybridized carbons (Fsp3) is 0.0667. The first kappa shape index (κ1) is 43.0. The van der Waals surface area contributed by atoms with Gasteiger partial charge >= 0.3 is 0 Å². The molecule has 0 spiro atoms. The predicted octanol–water partition coefficient (Wildman–Crippen LogP) is 16.0. The van der Waals surface area contributed by atoms with E-state index in [9.17, 15) is 0 Å². The second-order valence-corrected chi connectivity index (χ2v) is 16.9. The molecule has 8 heteroatoms. The van der Waals surface area contributed by atoms with Crippen LogP contribution in [0.25, 0.3) is 11.1 Å². The average Bonchev–Trinajstić information content (AvgIpc) is 3.38. The van der Waals surface area contributed by atoms with Crippen molar-refractivity contribution in [3.8, 4) is 11.1 Å². The Morgan fingerprint density at radius 2 is 0.456 bits per heavy atom. The SMILES string of the molecule is Cc1ccc(N(c2cc(-c3cc(N(c4ccc(C)cc4)c4ccccn4)cc(N(c4ccc(C)cc4)c4ccccn4)c3)cc(N(c3ccc(C)cc3)c3ccccn3)c2)c2ccccn2)cc1. The molecular formula is C60H50N8. The van der Waals surface area contributed by atoms with E-state index < -0.39 is 0 Å². The number of hydrogen-bond acceptors (Lipinski definition) is 8. The van der Waals surface area contributed by atoms with Gasteiger partial charge in [0.05, 0.1) is 22.7 Å². The van der Waals surface area contributed by atoms with Crippen LogP contribution in [0.15, 0.2) is 231 Å². The van der Waals surface area contributed by atoms with E-state index in [2.05, 4.69) is 205 Å². The molecule has 0 radical (unpaired) electrons. The summed E-state index contributed by atoms with van der Waals surface area (Å²) in [4.78, 5) is 28.7. The van der Waals surface area contributed by atoms with Crippen molar-refractivity contribution >= 4 is 68.8 Å². The van der Waals surface area contributed by atoms with Crippen molar-refractivity contribution in [2.75, 3.05) is 19.6 Å². The second kappa shape index (κ2) is 19.3. The molecule has 10 rings (SSSR count). The van der Waals surface area contributed by atoms with E-state index in [1.807, 2.05) is 73.3 Å². The molecule has 68 heavy (non-hydrogen) atoms. The molecular weight excluding hydrogens is 833 g/mol. The fourth-order valence-corrected chi connectivity index (χ4v) is 8.41. The molecule has 10 aromatic rings. The molecule has 0 N–H and O–H groups in total. The van der Waals surface area contributed by atoms with Gasteiger partial charge < -0.3 is 0 Å². The van der Waals surface area contributed by atoms with Crippen molar-refractivity contribution < 1.29 is 0 Å². The summed E-state index contributed by atoms with van der Waals surface area (Å²) in [5, 5.41) is 0. The Morgan fingerprint density at radius 3 is 0.647 bits per heavy atom. The summed E-state index contributed by atoms with van der Waals surface area (Å²) in [6.07, 6.45) is 7.38. The standard InChI is InChI=1S/C60H50N8/c1-43-17-25-49(26-18-43)65(57-13-5-9-33-61-57)53-37-47(38-54(41-53)66(58-14-6-10-34-62-58)50-27-19-44(2)20-28-50)48-39-55(67(59-15-7-11-35-63-59)51-29-21-45(3)22-30-51)42-56(40-48)68(60-16-8-12-36-64-60)52-31-23-46(4)24-32-52/h5-42H,1-4H3. The number of hydrogen-bond donors (Lipinski definition) is 0. The van der Waals surface area contributed by atoms with Crippen LogP contribution in [0.1, 0.15) is 22.3 Å². The molecule has 8 nitrogen and oxygen atoms in total. The van der Waals surface area contributed by atoms with Gasteiger partial charge in [-0.2, -0.15) is 0 Å². The van der Waals surface area contributed by atoms with Crippen molar-refractivity contribution in [3.05, 3.63) is 253 Å². The molecule has 0 saturated carbocycles. The molecule has 4 heterocycles. The Balaban J connectivity index is 1.29. The minimum atomic E-state index is 0.787. The van der Waals surface area contributed by atoms with Crippen molar-refractivity contribution in [1.29, 1.82) is 0 Å². The van der Waals surface area contributed by atoms with Crippen LogP contribution < -0.4 is 19.6 Å². The summed E-state index contributed by atoms with van der Waals surface area (Å²) in [7, 11) is 0. The molecule has 0 aliphatic carbocycles. The molecule has 0 bridgehead atoms. The van der Waals surface area contributed by atoms with Gasteiger partial charge in [-0.15, -0.1) is 0 Å². The van der Waals surface area contributed by atoms with Crippen LogP contribution in [-0.4, -0.2) is 19.9 Å². The summed E-state index contributed by atoms with van der Waals surface area (Å²) in [5.41, 5.74) is 14.2. The molecule has 0 amide bonds. The van der Waals surface area contributed by atoms with Crippen LogP contribution in [0.5, 0.6) is 0 Å². The second-order valence-electron chi connectivity index (χ2n) is 16.9. The Bertz CT molecular complexity index is 2800. The maximum Gasteiger partial charge on any atom is 0.137 e. The zero-order valence-corrected chi connectivity index (χ0v) is 38.5. The Labute approximate surface area is 398 Å². The van der Waals surface area contributed by atoms with Crippen LogP contribution in [0.2, 0.25) is 0 Å². The molecule has 0 unspecified atom stereocenters. The maximum absolute atomic E-state index is 4.95. The average molecular weight is 883 g/mol. The van der Waals surface area contributed by atoms with Gasteiger partial charge in [0.15, 0.2) is 0 Å². The lowest BCUT2D eigenvalue weighted by Crippen LogP contribution is -2.16. The summed E-state index contributed by atoms with van der Waals surface area (Å²) in [6.45, 7) is 8.45. The van der Waals surface area contributed by atoms with E-state index in [0.29, 0.717) is 0 Å². The first-order valence-corrected chi connectivity index (χ1v) is 22.8. The van der Waals surface area contributed by atoms with E-state index in [1.54, 1.807) is 0 Å². The fourth-order valence-electron chi connectivity index (χ4n) is 8.41. The number of aryl methyl sites for hydroxylation is 4. The normalized spacial score (nSPS) is 10.9. The van der Waals surface area contributed by atoms with Crippen LogP contribution in [0.3, 0.4) is 0 Å². The molecule has 0 aliphatic rings. The third-order valence-corrected chi connectivity index (χ3v) is 11.9. The van der Waals surface area contributed by atoms with Gasteiger partial charge in [0.2, 0.25) is 0 Å². The zero-order chi connectivity index (χ0) is 46.4. The van der Waals surface area contributed by atoms with E-state index >= 15 is 0 Å². The van der Waals surface area contributed by atoms with Crippen LogP contribution in [-0.2, 0) is 0 Å². The third kappa shape index (κ3) is 9.29. The number of pyridine rings is 4. The summed E-state index contributed by atoms with van der Waals surface area (Å²) in [5.74, 6) is 3.15. The van der Waals surface area contributed by atoms with Gasteiger partial charge in [0, 0.05) is 47.5 Å². The molecule has 0 aliphatic heterocycles. The lowest BCUT2D eigenvalue weighted by atomic mass is 9.99. The first-order chi connectivity index (χ1) is 33.3. The Hall–Kier alpha value is -8.88. The van der Waals surface area contributed by atoms with Gasteiger partial charge in [0.25, 0.3) is 0 Å². The monoisotopic (exact) mass is 882 g/mol. The molecule has 330 valence electrons. The van der Waals surface area contributed by atoms with E-state index in [0.717, 1.165) is 79.9 Å². The smallest absolute Gasteiger partial charge is 0.137 e. The Kier molecular flexibility index (Phi) is 12.2. The first-order valence-electron chi connectivity index (χ1n) is 22.8. The predicted molar refractivity (Wildman–Crippen MR) is 281 cm³/mol. The maximum atomic E-state index is 4.95. The van der Waals surface area contributed by atoms with Crippen LogP contribution in [0.4, 0.5) is 68.8 Å².